The summed E-state index contributed by atoms with van der Waals surface area (Å²) in [6.45, 7) is 1.21. The van der Waals surface area contributed by atoms with Gasteiger partial charge in [-0.05, 0) is 12.0 Å². The number of nitrogens with two attached hydrogens (primary N) is 1. The van der Waals surface area contributed by atoms with Crippen LogP contribution in [-0.2, 0) is 4.74 Å². The molecular weight excluding hydrogens is 304 g/mol. The molecule has 0 spiro atoms. The largest absolute Gasteiger partial charge is 0.393 e. The molecule has 4 atom stereocenters. The summed E-state index contributed by atoms with van der Waals surface area (Å²) in [7, 11) is 0. The molecule has 1 saturated heterocycles. The van der Waals surface area contributed by atoms with E-state index in [0.29, 0.717) is 17.6 Å². The molecule has 1 aliphatic heterocycles. The Balaban J connectivity index is 2.11. The number of imidazole rings is 1. The molecule has 3 heterocycles. The third-order valence-corrected chi connectivity index (χ3v) is 4.13. The Morgan fingerprint density at radius 3 is 2.96 bits per heavy atom. The molecule has 0 aliphatic carbocycles. The Morgan fingerprint density at radius 2 is 2.30 bits per heavy atom. The van der Waals surface area contributed by atoms with Crippen molar-refractivity contribution in [2.75, 3.05) is 12.3 Å². The maximum atomic E-state index is 10.5. The summed E-state index contributed by atoms with van der Waals surface area (Å²) < 4.78 is 7.34. The second-order valence-corrected chi connectivity index (χ2v) is 5.30. The van der Waals surface area contributed by atoms with Gasteiger partial charge in [-0.3, -0.25) is 4.57 Å². The number of anilines is 1. The van der Waals surface area contributed by atoms with E-state index >= 15 is 0 Å². The predicted octanol–water partition coefficient (Wildman–Crippen LogP) is 0.323. The summed E-state index contributed by atoms with van der Waals surface area (Å²) in [5.41, 5.74) is 13.6. The van der Waals surface area contributed by atoms with Gasteiger partial charge in [-0.1, -0.05) is 12.0 Å². The highest BCUT2D eigenvalue weighted by Gasteiger charge is 2.54. The fraction of sp³-hybridized carbons (Fsp3) is 0.583. The monoisotopic (exact) mass is 320 g/mol. The molecule has 11 nitrogen and oxygen atoms in total. The van der Waals surface area contributed by atoms with Crippen LogP contribution in [0.25, 0.3) is 21.6 Å². The van der Waals surface area contributed by atoms with E-state index in [1.807, 2.05) is 6.92 Å². The molecule has 2 aromatic rings. The molecule has 0 unspecified atom stereocenters. The number of ether oxygens (including phenoxy) is 1. The smallest absolute Gasteiger partial charge is 0.198 e. The molecule has 0 bridgehead atoms. The van der Waals surface area contributed by atoms with Gasteiger partial charge in [0.25, 0.3) is 0 Å². The van der Waals surface area contributed by atoms with E-state index in [0.717, 1.165) is 0 Å². The topological polar surface area (TPSA) is 168 Å². The van der Waals surface area contributed by atoms with Gasteiger partial charge in [0.15, 0.2) is 17.2 Å². The molecule has 2 aromatic heterocycles. The number of nitrogens with zero attached hydrogens (tertiary/aromatic N) is 7. The van der Waals surface area contributed by atoms with Crippen molar-refractivity contribution >= 4 is 17.0 Å². The van der Waals surface area contributed by atoms with Crippen molar-refractivity contribution in [3.63, 3.8) is 0 Å². The van der Waals surface area contributed by atoms with Crippen LogP contribution in [-0.4, -0.2) is 48.2 Å². The quantitative estimate of drug-likeness (QED) is 0.414. The first kappa shape index (κ1) is 15.4. The number of hydrogen-bond acceptors (Lipinski definition) is 8. The van der Waals surface area contributed by atoms with Crippen molar-refractivity contribution in [1.82, 2.24) is 19.5 Å². The van der Waals surface area contributed by atoms with Crippen molar-refractivity contribution in [3.05, 3.63) is 23.1 Å². The van der Waals surface area contributed by atoms with E-state index in [1.54, 1.807) is 4.57 Å². The zero-order valence-corrected chi connectivity index (χ0v) is 12.3. The Bertz CT molecular complexity index is 773. The fourth-order valence-electron chi connectivity index (χ4n) is 2.92. The Hall–Kier alpha value is -2.46. The van der Waals surface area contributed by atoms with Gasteiger partial charge in [-0.15, -0.1) is 0 Å². The summed E-state index contributed by atoms with van der Waals surface area (Å²) in [6, 6.07) is 0. The number of aliphatic hydroxyl groups excluding tert-OH is 2. The first-order valence-corrected chi connectivity index (χ1v) is 7.04. The molecule has 0 radical (unpaired) electrons. The number of nitrogen functional groups attached to an aromatic ring is 1. The lowest BCUT2D eigenvalue weighted by atomic mass is 9.94. The fourth-order valence-corrected chi connectivity index (χ4v) is 2.92. The minimum Gasteiger partial charge on any atom is -0.393 e. The minimum atomic E-state index is -1.74. The molecule has 0 saturated carbocycles. The molecular formula is C12H16N8O3. The van der Waals surface area contributed by atoms with Crippen molar-refractivity contribution in [2.45, 2.75) is 31.4 Å². The number of aromatic nitrogens is 4. The van der Waals surface area contributed by atoms with Crippen LogP contribution in [0.4, 0.5) is 5.82 Å². The number of fused-ring (bicyclic) bond motifs is 1. The van der Waals surface area contributed by atoms with Crippen molar-refractivity contribution in [3.8, 4) is 0 Å². The second-order valence-electron chi connectivity index (χ2n) is 5.30. The van der Waals surface area contributed by atoms with E-state index in [-0.39, 0.29) is 5.82 Å². The molecule has 23 heavy (non-hydrogen) atoms. The lowest BCUT2D eigenvalue weighted by molar-refractivity contribution is -0.122. The van der Waals surface area contributed by atoms with Gasteiger partial charge in [0, 0.05) is 10.8 Å². The van der Waals surface area contributed by atoms with Crippen LogP contribution >= 0.6 is 0 Å². The average molecular weight is 320 g/mol. The zero-order chi connectivity index (χ0) is 16.6. The molecule has 1 aliphatic rings. The van der Waals surface area contributed by atoms with Crippen LogP contribution in [0.1, 0.15) is 19.6 Å². The number of azide groups is 1. The van der Waals surface area contributed by atoms with Crippen LogP contribution in [0, 0.1) is 5.92 Å². The molecule has 122 valence electrons. The lowest BCUT2D eigenvalue weighted by Gasteiger charge is -2.24. The summed E-state index contributed by atoms with van der Waals surface area (Å²) in [6.07, 6.45) is 1.41. The van der Waals surface area contributed by atoms with Crippen LogP contribution in [0.3, 0.4) is 0 Å². The highest BCUT2D eigenvalue weighted by molar-refractivity contribution is 5.81. The molecule has 1 fully saturated rings. The minimum absolute atomic E-state index is 0.226. The SMILES string of the molecule is CC[C@@H]1[C@H](n2cnc3c(N)ncnc32)O[C@@](CO)(N=[N+]=[N-])[C@H]1O. The van der Waals surface area contributed by atoms with Gasteiger partial charge in [-0.2, -0.15) is 0 Å². The van der Waals surface area contributed by atoms with E-state index < -0.39 is 30.6 Å². The maximum Gasteiger partial charge on any atom is 0.198 e. The number of aliphatic hydroxyl groups is 2. The van der Waals surface area contributed by atoms with E-state index in [4.69, 9.17) is 16.0 Å². The molecule has 3 rings (SSSR count). The Morgan fingerprint density at radius 1 is 1.52 bits per heavy atom. The molecule has 4 N–H and O–H groups in total. The van der Waals surface area contributed by atoms with Gasteiger partial charge < -0.3 is 20.7 Å². The highest BCUT2D eigenvalue weighted by Crippen LogP contribution is 2.44. The van der Waals surface area contributed by atoms with E-state index in [9.17, 15) is 10.2 Å². The van der Waals surface area contributed by atoms with Gasteiger partial charge in [0.05, 0.1) is 19.0 Å². The third kappa shape index (κ3) is 2.18. The van der Waals surface area contributed by atoms with Crippen molar-refractivity contribution in [1.29, 1.82) is 0 Å². The number of rotatable bonds is 4. The van der Waals surface area contributed by atoms with E-state index in [1.165, 1.54) is 12.7 Å². The normalized spacial score (nSPS) is 30.5. The Labute approximate surface area is 130 Å². The molecule has 11 heteroatoms. The average Bonchev–Trinajstić information content (AvgIpc) is 3.09. The van der Waals surface area contributed by atoms with Crippen LogP contribution in [0.15, 0.2) is 17.8 Å². The predicted molar refractivity (Wildman–Crippen MR) is 78.6 cm³/mol. The standard InChI is InChI=1S/C12H16N8O3/c1-2-6-8(22)12(3-21,18-19-14)23-11(6)20-5-17-7-9(13)15-4-16-10(7)20/h4-6,8,11,21-22H,2-3H2,1H3,(H2,13,15,16)/t6-,8-,11+,12+/m0/s1. The summed E-state index contributed by atoms with van der Waals surface area (Å²) in [5.74, 6) is -0.204. The van der Waals surface area contributed by atoms with Crippen LogP contribution < -0.4 is 5.73 Å². The van der Waals surface area contributed by atoms with Gasteiger partial charge in [-0.25, -0.2) is 15.0 Å². The van der Waals surface area contributed by atoms with Gasteiger partial charge in [0.1, 0.15) is 18.1 Å². The van der Waals surface area contributed by atoms with Crippen LogP contribution in [0.2, 0.25) is 0 Å². The lowest BCUT2D eigenvalue weighted by Crippen LogP contribution is -2.42. The van der Waals surface area contributed by atoms with Crippen molar-refractivity contribution in [2.24, 2.45) is 11.0 Å². The van der Waals surface area contributed by atoms with Gasteiger partial charge in [0.2, 0.25) is 0 Å². The van der Waals surface area contributed by atoms with E-state index in [2.05, 4.69) is 25.0 Å². The number of hydrogen-bond donors (Lipinski definition) is 3. The summed E-state index contributed by atoms with van der Waals surface area (Å²) in [5, 5.41) is 23.5. The van der Waals surface area contributed by atoms with Crippen LogP contribution in [0.5, 0.6) is 0 Å². The second kappa shape index (κ2) is 5.63. The highest BCUT2D eigenvalue weighted by atomic mass is 16.6. The van der Waals surface area contributed by atoms with Crippen molar-refractivity contribution < 1.29 is 14.9 Å². The molecule has 0 amide bonds. The Kier molecular flexibility index (Phi) is 3.78. The first-order valence-electron chi connectivity index (χ1n) is 7.04. The van der Waals surface area contributed by atoms with Gasteiger partial charge >= 0.3 is 0 Å². The molecule has 0 aromatic carbocycles. The summed E-state index contributed by atoms with van der Waals surface area (Å²) >= 11 is 0. The first-order chi connectivity index (χ1) is 11.1. The zero-order valence-electron chi connectivity index (χ0n) is 12.3. The third-order valence-electron chi connectivity index (χ3n) is 4.13. The summed E-state index contributed by atoms with van der Waals surface area (Å²) in [4.78, 5) is 14.9. The maximum absolute atomic E-state index is 10.5.